The van der Waals surface area contributed by atoms with E-state index in [0.717, 1.165) is 45.5 Å². The number of para-hydroxylation sites is 3. The molecule has 0 fully saturated rings. The molecule has 5 aromatic heterocycles. The van der Waals surface area contributed by atoms with Gasteiger partial charge in [-0.15, -0.1) is 0 Å². The lowest BCUT2D eigenvalue weighted by Crippen LogP contribution is -2.16. The maximum absolute atomic E-state index is 4.95. The fraction of sp³-hybridized carbons (Fsp3) is 0.0303. The summed E-state index contributed by atoms with van der Waals surface area (Å²) in [7, 11) is 0. The van der Waals surface area contributed by atoms with E-state index < -0.39 is 0 Å². The molecule has 0 N–H and O–H groups in total. The van der Waals surface area contributed by atoms with E-state index in [1.807, 2.05) is 18.5 Å². The van der Waals surface area contributed by atoms with Crippen LogP contribution in [0.5, 0.6) is 0 Å². The van der Waals surface area contributed by atoms with Crippen LogP contribution in [-0.2, 0) is 5.41 Å². The topological polar surface area (TPSA) is 43.8 Å². The summed E-state index contributed by atoms with van der Waals surface area (Å²) in [5, 5.41) is 12.8. The molecule has 0 spiro atoms. The van der Waals surface area contributed by atoms with Gasteiger partial charge in [-0.05, 0) is 199 Å². The Morgan fingerprint density at radius 3 is 1.15 bits per heavy atom. The average molecular weight is 1340 g/mol. The van der Waals surface area contributed by atoms with Crippen LogP contribution in [0.1, 0.15) is 25.0 Å². The smallest absolute Gasteiger partial charge is 0.0787 e. The van der Waals surface area contributed by atoms with Crippen molar-refractivity contribution in [1.29, 1.82) is 0 Å². The van der Waals surface area contributed by atoms with Crippen molar-refractivity contribution >= 4 is 104 Å². The van der Waals surface area contributed by atoms with Crippen LogP contribution in [-0.4, -0.2) is 23.7 Å². The first kappa shape index (κ1) is 59.0. The molecule has 20 aromatic rings. The highest BCUT2D eigenvalue weighted by Gasteiger charge is 2.36. The molecular formula is C99H64N6. The van der Waals surface area contributed by atoms with Crippen LogP contribution in [0.15, 0.2) is 352 Å². The van der Waals surface area contributed by atoms with Crippen LogP contribution in [0.4, 0.5) is 17.1 Å². The van der Waals surface area contributed by atoms with Crippen molar-refractivity contribution in [1.82, 2.24) is 23.7 Å². The first-order chi connectivity index (χ1) is 51.9. The average Bonchev–Trinajstić information content (AvgIpc) is 1.06. The summed E-state index contributed by atoms with van der Waals surface area (Å²) in [5.74, 6) is 0. The molecule has 0 radical (unpaired) electrons. The lowest BCUT2D eigenvalue weighted by molar-refractivity contribution is 0.660. The molecule has 490 valence electrons. The molecule has 0 saturated carbocycles. The molecule has 0 aliphatic heterocycles. The van der Waals surface area contributed by atoms with Crippen molar-refractivity contribution in [2.24, 2.45) is 0 Å². The Bertz CT molecular complexity index is 6960. The van der Waals surface area contributed by atoms with Crippen molar-refractivity contribution < 1.29 is 0 Å². The lowest BCUT2D eigenvalue weighted by atomic mass is 9.82. The molecule has 15 aromatic carbocycles. The van der Waals surface area contributed by atoms with Crippen LogP contribution in [0.2, 0.25) is 0 Å². The van der Waals surface area contributed by atoms with Crippen LogP contribution >= 0.6 is 0 Å². The number of rotatable bonds is 8. The molecule has 105 heavy (non-hydrogen) atoms. The summed E-state index contributed by atoms with van der Waals surface area (Å²) in [6.45, 7) is 4.69. The molecule has 0 saturated heterocycles. The van der Waals surface area contributed by atoms with Gasteiger partial charge in [0, 0.05) is 107 Å². The Morgan fingerprint density at radius 1 is 0.248 bits per heavy atom. The van der Waals surface area contributed by atoms with E-state index in [1.165, 1.54) is 165 Å². The van der Waals surface area contributed by atoms with Crippen LogP contribution in [0.3, 0.4) is 0 Å². The first-order valence-electron chi connectivity index (χ1n) is 36.3. The van der Waals surface area contributed by atoms with Gasteiger partial charge < -0.3 is 18.6 Å². The zero-order valence-electron chi connectivity index (χ0n) is 57.7. The molecule has 5 heterocycles. The second kappa shape index (κ2) is 22.7. The molecular weight excluding hydrogens is 1270 g/mol. The van der Waals surface area contributed by atoms with Crippen molar-refractivity contribution in [3.63, 3.8) is 0 Å². The summed E-state index contributed by atoms with van der Waals surface area (Å²) < 4.78 is 7.22. The molecule has 0 amide bonds. The van der Waals surface area contributed by atoms with E-state index in [2.05, 4.69) is 366 Å². The quantitative estimate of drug-likeness (QED) is 0.152. The van der Waals surface area contributed by atoms with Gasteiger partial charge in [0.2, 0.25) is 0 Å². The molecule has 23 rings (SSSR count). The van der Waals surface area contributed by atoms with Gasteiger partial charge in [-0.1, -0.05) is 232 Å². The van der Waals surface area contributed by atoms with Gasteiger partial charge in [-0.3, -0.25) is 9.97 Å². The Kier molecular flexibility index (Phi) is 12.7. The normalized spacial score (nSPS) is 12.7. The molecule has 6 heteroatoms. The second-order valence-electron chi connectivity index (χ2n) is 28.7. The van der Waals surface area contributed by atoms with E-state index >= 15 is 0 Å². The number of aromatic nitrogens is 5. The Labute approximate surface area is 606 Å². The summed E-state index contributed by atoms with van der Waals surface area (Å²) in [5.41, 5.74) is 33.6. The molecule has 3 aliphatic rings. The zero-order chi connectivity index (χ0) is 69.2. The summed E-state index contributed by atoms with van der Waals surface area (Å²) in [6, 6.07) is 124. The Morgan fingerprint density at radius 2 is 0.629 bits per heavy atom. The monoisotopic (exact) mass is 1340 g/mol. The number of fused-ring (bicyclic) bond motifs is 12. The van der Waals surface area contributed by atoms with Crippen LogP contribution < -0.4 is 4.90 Å². The number of nitrogens with zero attached hydrogens (tertiary/aromatic N) is 6. The highest BCUT2D eigenvalue weighted by Crippen LogP contribution is 2.54. The van der Waals surface area contributed by atoms with E-state index in [0.29, 0.717) is 0 Å². The van der Waals surface area contributed by atoms with Gasteiger partial charge in [0.1, 0.15) is 0 Å². The minimum absolute atomic E-state index is 0.0727. The van der Waals surface area contributed by atoms with Crippen LogP contribution in [0, 0.1) is 0 Å². The van der Waals surface area contributed by atoms with Crippen LogP contribution in [0.25, 0.3) is 182 Å². The predicted molar refractivity (Wildman–Crippen MR) is 438 cm³/mol. The molecule has 0 bridgehead atoms. The third-order valence-corrected chi connectivity index (χ3v) is 22.9. The first-order valence-corrected chi connectivity index (χ1v) is 36.3. The number of benzene rings is 15. The Hall–Kier alpha value is -13.7. The summed E-state index contributed by atoms with van der Waals surface area (Å²) in [4.78, 5) is 12.3. The lowest BCUT2D eigenvalue weighted by Gasteiger charge is -2.28. The van der Waals surface area contributed by atoms with E-state index in [1.54, 1.807) is 0 Å². The van der Waals surface area contributed by atoms with Gasteiger partial charge in [0.05, 0.1) is 44.5 Å². The van der Waals surface area contributed by atoms with Crippen molar-refractivity contribution in [3.05, 3.63) is 363 Å². The van der Waals surface area contributed by atoms with Gasteiger partial charge in [-0.25, -0.2) is 0 Å². The SMILES string of the molecule is CC1(C)c2ccccc2-c2ccc(N(c3ccccc3)c3ccc(-c4ccc(-n5c6cccc7c6c6c8c(cccc8ccc65)-c5cccnc5-7)cc4)cc3)cc21.c1cnc2c(c1)-c1cccc3ccc4c(c13)c1c-2cccc1n4-c1ccc(-c2ccc(-n3c4ccccc4c4ccccc43)cc2)cc1. The maximum atomic E-state index is 4.95. The van der Waals surface area contributed by atoms with Crippen molar-refractivity contribution in [2.45, 2.75) is 19.3 Å². The Balaban J connectivity index is 0.000000133. The highest BCUT2D eigenvalue weighted by atomic mass is 15.1. The van der Waals surface area contributed by atoms with Gasteiger partial charge >= 0.3 is 0 Å². The number of hydrogen-bond donors (Lipinski definition) is 0. The minimum atomic E-state index is -0.0727. The number of pyridine rings is 2. The fourth-order valence-corrected chi connectivity index (χ4v) is 18.2. The molecule has 3 aliphatic carbocycles. The fourth-order valence-electron chi connectivity index (χ4n) is 18.2. The number of anilines is 3. The molecule has 0 atom stereocenters. The third kappa shape index (κ3) is 8.72. The minimum Gasteiger partial charge on any atom is -0.310 e. The van der Waals surface area contributed by atoms with Crippen molar-refractivity contribution in [3.8, 4) is 95.2 Å². The van der Waals surface area contributed by atoms with E-state index in [9.17, 15) is 0 Å². The third-order valence-electron chi connectivity index (χ3n) is 22.9. The predicted octanol–water partition coefficient (Wildman–Crippen LogP) is 26.2. The van der Waals surface area contributed by atoms with Crippen molar-refractivity contribution in [2.75, 3.05) is 4.90 Å². The molecule has 6 nitrogen and oxygen atoms in total. The summed E-state index contributed by atoms with van der Waals surface area (Å²) >= 11 is 0. The largest absolute Gasteiger partial charge is 0.310 e. The highest BCUT2D eigenvalue weighted by molar-refractivity contribution is 6.32. The summed E-state index contributed by atoms with van der Waals surface area (Å²) in [6.07, 6.45) is 3.83. The standard InChI is InChI=1S/C54H37N3.C45H27N3/c1-54(2)46-18-7-6-14-41(46)42-30-29-40(33-47(42)54)56(37-12-4-3-5-13-37)38-25-20-34(21-26-38)35-22-27-39(28-23-35)57-48-19-9-16-45-51(48)52-49(57)31-24-36-11-8-15-43(50(36)52)44-17-10-32-55-53(44)45;1-3-14-38-33(9-1)34-10-2-4-15-39(34)47(38)31-22-17-28(18-23-31)29-19-24-32(25-20-29)48-40-16-6-12-37-43(40)44-41(48)26-21-30-8-5-11-35(42(30)44)36-13-7-27-46-45(36)37/h3-33H,1-2H3;1-27H. The van der Waals surface area contributed by atoms with Gasteiger partial charge in [-0.2, -0.15) is 0 Å². The van der Waals surface area contributed by atoms with E-state index in [-0.39, 0.29) is 5.41 Å². The second-order valence-corrected chi connectivity index (χ2v) is 28.7. The van der Waals surface area contributed by atoms with E-state index in [4.69, 9.17) is 9.97 Å². The molecule has 0 unspecified atom stereocenters. The van der Waals surface area contributed by atoms with Gasteiger partial charge in [0.25, 0.3) is 0 Å². The maximum Gasteiger partial charge on any atom is 0.0787 e. The van der Waals surface area contributed by atoms with Gasteiger partial charge in [0.15, 0.2) is 0 Å². The zero-order valence-corrected chi connectivity index (χ0v) is 57.7. The number of hydrogen-bond acceptors (Lipinski definition) is 3.